The highest BCUT2D eigenvalue weighted by atomic mass is 19.4. The highest BCUT2D eigenvalue weighted by Crippen LogP contribution is 2.40. The van der Waals surface area contributed by atoms with Crippen molar-refractivity contribution in [3.63, 3.8) is 0 Å². The molecule has 0 aliphatic carbocycles. The molecule has 1 unspecified atom stereocenters. The fraction of sp³-hybridized carbons (Fsp3) is 0.500. The van der Waals surface area contributed by atoms with Crippen molar-refractivity contribution in [2.24, 2.45) is 5.92 Å². The number of hydrogen-bond donors (Lipinski definition) is 2. The Labute approximate surface area is 242 Å². The second-order valence-corrected chi connectivity index (χ2v) is 10.8. The monoisotopic (exact) mass is 612 g/mol. The van der Waals surface area contributed by atoms with Crippen LogP contribution < -0.4 is 10.2 Å². The van der Waals surface area contributed by atoms with Gasteiger partial charge >= 0.3 is 12.1 Å². The maximum Gasteiger partial charge on any atom is 0.435 e. The number of carbonyl (C=O) groups is 1. The van der Waals surface area contributed by atoms with E-state index in [-0.39, 0.29) is 71.7 Å². The van der Waals surface area contributed by atoms with E-state index in [1.54, 1.807) is 4.90 Å². The fourth-order valence-corrected chi connectivity index (χ4v) is 5.20. The van der Waals surface area contributed by atoms with Gasteiger partial charge in [0.05, 0.1) is 47.6 Å². The van der Waals surface area contributed by atoms with Crippen molar-refractivity contribution in [1.29, 1.82) is 0 Å². The van der Waals surface area contributed by atoms with Crippen LogP contribution in [-0.2, 0) is 21.6 Å². The number of nitrogens with zero attached hydrogens (tertiary/aromatic N) is 5. The molecule has 1 aromatic carbocycles. The number of pyridine rings is 1. The van der Waals surface area contributed by atoms with Crippen LogP contribution in [0.3, 0.4) is 0 Å². The number of carbonyl (C=O) groups excluding carboxylic acids is 1. The number of piperazine rings is 1. The Morgan fingerprint density at radius 3 is 2.35 bits per heavy atom. The number of aliphatic hydroxyl groups excluding tert-OH is 1. The van der Waals surface area contributed by atoms with Crippen molar-refractivity contribution < 1.29 is 41.0 Å². The Hall–Kier alpha value is -3.72. The topological polar surface area (TPSA) is 104 Å². The maximum atomic E-state index is 15.3. The van der Waals surface area contributed by atoms with E-state index in [9.17, 15) is 31.9 Å². The Kier molecular flexibility index (Phi) is 8.15. The van der Waals surface area contributed by atoms with Gasteiger partial charge in [0.2, 0.25) is 5.91 Å². The van der Waals surface area contributed by atoms with Gasteiger partial charge in [0, 0.05) is 37.1 Å². The molecule has 3 aromatic rings. The van der Waals surface area contributed by atoms with Gasteiger partial charge in [-0.25, -0.2) is 9.37 Å². The van der Waals surface area contributed by atoms with Crippen LogP contribution in [0.5, 0.6) is 0 Å². The van der Waals surface area contributed by atoms with Crippen molar-refractivity contribution in [1.82, 2.24) is 20.1 Å². The van der Waals surface area contributed by atoms with Gasteiger partial charge in [-0.1, -0.05) is 12.1 Å². The SMILES string of the molecule is Cc1nnc(N[C@H](C)c2cccc(C(F)(F)C(C)O)c2F)c2cc(N3CCN(C(=O)C4COC4)CC3)c(C(F)(F)F)nc12. The predicted molar refractivity (Wildman–Crippen MR) is 144 cm³/mol. The van der Waals surface area contributed by atoms with E-state index in [4.69, 9.17) is 4.74 Å². The maximum absolute atomic E-state index is 15.3. The number of aromatic nitrogens is 3. The number of amides is 1. The summed E-state index contributed by atoms with van der Waals surface area (Å²) in [5.41, 5.74) is -2.48. The van der Waals surface area contributed by atoms with Crippen molar-refractivity contribution in [3.05, 3.63) is 52.6 Å². The number of halogens is 6. The number of rotatable bonds is 7. The number of hydrogen-bond acceptors (Lipinski definition) is 8. The third kappa shape index (κ3) is 5.79. The molecule has 9 nitrogen and oxygen atoms in total. The average molecular weight is 613 g/mol. The van der Waals surface area contributed by atoms with Gasteiger partial charge in [0.1, 0.15) is 11.9 Å². The third-order valence-electron chi connectivity index (χ3n) is 7.82. The van der Waals surface area contributed by atoms with E-state index >= 15 is 4.39 Å². The van der Waals surface area contributed by atoms with Crippen LogP contribution in [0, 0.1) is 18.7 Å². The molecule has 0 radical (unpaired) electrons. The van der Waals surface area contributed by atoms with Crippen LogP contribution in [0.25, 0.3) is 10.9 Å². The summed E-state index contributed by atoms with van der Waals surface area (Å²) in [6.07, 6.45) is -6.96. The average Bonchev–Trinajstić information content (AvgIpc) is 2.92. The lowest BCUT2D eigenvalue weighted by atomic mass is 9.97. The smallest absolute Gasteiger partial charge is 0.387 e. The Bertz CT molecular complexity index is 1520. The number of anilines is 2. The van der Waals surface area contributed by atoms with E-state index in [1.807, 2.05) is 0 Å². The zero-order valence-corrected chi connectivity index (χ0v) is 23.6. The van der Waals surface area contributed by atoms with Gasteiger partial charge in [-0.05, 0) is 32.9 Å². The first-order chi connectivity index (χ1) is 20.2. The zero-order chi connectivity index (χ0) is 31.3. The molecule has 2 fully saturated rings. The minimum atomic E-state index is -4.81. The molecule has 43 heavy (non-hydrogen) atoms. The first-order valence-corrected chi connectivity index (χ1v) is 13.7. The summed E-state index contributed by atoms with van der Waals surface area (Å²) in [6.45, 7) is 5.12. The molecule has 2 aromatic heterocycles. The molecule has 4 heterocycles. The summed E-state index contributed by atoms with van der Waals surface area (Å²) in [5.74, 6) is -5.45. The molecule has 0 bridgehead atoms. The van der Waals surface area contributed by atoms with Gasteiger partial charge in [-0.3, -0.25) is 4.79 Å². The van der Waals surface area contributed by atoms with Gasteiger partial charge < -0.3 is 25.0 Å². The number of ether oxygens (including phenoxy) is 1. The molecule has 2 aliphatic heterocycles. The summed E-state index contributed by atoms with van der Waals surface area (Å²) in [7, 11) is 0. The molecule has 15 heteroatoms. The molecule has 5 rings (SSSR count). The van der Waals surface area contributed by atoms with E-state index in [0.717, 1.165) is 13.0 Å². The molecular weight excluding hydrogens is 582 g/mol. The minimum Gasteiger partial charge on any atom is -0.387 e. The third-order valence-corrected chi connectivity index (χ3v) is 7.82. The van der Waals surface area contributed by atoms with Crippen LogP contribution in [-0.4, -0.2) is 76.6 Å². The van der Waals surface area contributed by atoms with Crippen molar-refractivity contribution in [3.8, 4) is 0 Å². The van der Waals surface area contributed by atoms with Crippen molar-refractivity contribution in [2.75, 3.05) is 49.6 Å². The summed E-state index contributed by atoms with van der Waals surface area (Å²) in [4.78, 5) is 19.6. The lowest BCUT2D eigenvalue weighted by Crippen LogP contribution is -2.53. The van der Waals surface area contributed by atoms with Gasteiger partial charge in [-0.15, -0.1) is 5.10 Å². The summed E-state index contributed by atoms with van der Waals surface area (Å²) >= 11 is 0. The second kappa shape index (κ2) is 11.4. The van der Waals surface area contributed by atoms with Gasteiger partial charge in [0.15, 0.2) is 11.5 Å². The molecular formula is C28H30F6N6O3. The molecule has 2 N–H and O–H groups in total. The lowest BCUT2D eigenvalue weighted by Gasteiger charge is -2.39. The molecule has 0 saturated carbocycles. The summed E-state index contributed by atoms with van der Waals surface area (Å²) in [6, 6.07) is 3.68. The number of aryl methyl sites for hydroxylation is 1. The van der Waals surface area contributed by atoms with Crippen LogP contribution in [0.1, 0.15) is 42.4 Å². The standard InChI is InChI=1S/C28H30F6N6O3/c1-14(18-5-4-6-20(22(18)29)27(30,31)16(3)41)35-25-19-11-21(24(28(32,33)34)36-23(19)15(2)37-38-25)39-7-9-40(10-8-39)26(42)17-12-43-13-17/h4-6,11,14,16-17,41H,7-10,12-13H2,1-3H3,(H,35,38)/t14-,16?/m1/s1. The molecule has 1 amide bonds. The van der Waals surface area contributed by atoms with Crippen LogP contribution in [0.4, 0.5) is 37.8 Å². The van der Waals surface area contributed by atoms with E-state index in [2.05, 4.69) is 20.5 Å². The second-order valence-electron chi connectivity index (χ2n) is 10.8. The largest absolute Gasteiger partial charge is 0.435 e. The molecule has 232 valence electrons. The highest BCUT2D eigenvalue weighted by Gasteiger charge is 2.42. The first kappa shape index (κ1) is 30.7. The summed E-state index contributed by atoms with van der Waals surface area (Å²) < 4.78 is 92.1. The molecule has 2 atom stereocenters. The fourth-order valence-electron chi connectivity index (χ4n) is 5.20. The molecule has 2 saturated heterocycles. The zero-order valence-electron chi connectivity index (χ0n) is 23.6. The Morgan fingerprint density at radius 1 is 1.09 bits per heavy atom. The highest BCUT2D eigenvalue weighted by molar-refractivity contribution is 5.93. The number of fused-ring (bicyclic) bond motifs is 1. The van der Waals surface area contributed by atoms with E-state index in [0.29, 0.717) is 13.2 Å². The van der Waals surface area contributed by atoms with E-state index in [1.165, 1.54) is 36.9 Å². The van der Waals surface area contributed by atoms with Gasteiger partial charge in [0.25, 0.3) is 0 Å². The molecule has 0 spiro atoms. The van der Waals surface area contributed by atoms with Crippen LogP contribution in [0.2, 0.25) is 0 Å². The van der Waals surface area contributed by atoms with Gasteiger partial charge in [-0.2, -0.15) is 27.1 Å². The normalized spacial score (nSPS) is 18.0. The lowest BCUT2D eigenvalue weighted by molar-refractivity contribution is -0.150. The predicted octanol–water partition coefficient (Wildman–Crippen LogP) is 4.43. The number of nitrogens with one attached hydrogen (secondary N) is 1. The quantitative estimate of drug-likeness (QED) is 0.378. The van der Waals surface area contributed by atoms with Crippen LogP contribution >= 0.6 is 0 Å². The number of benzene rings is 1. The Morgan fingerprint density at radius 2 is 1.77 bits per heavy atom. The first-order valence-electron chi connectivity index (χ1n) is 13.7. The van der Waals surface area contributed by atoms with E-state index < -0.39 is 41.3 Å². The molecule has 2 aliphatic rings. The number of aliphatic hydroxyl groups is 1. The van der Waals surface area contributed by atoms with Crippen molar-refractivity contribution >= 4 is 28.3 Å². The van der Waals surface area contributed by atoms with Crippen LogP contribution in [0.15, 0.2) is 24.3 Å². The minimum absolute atomic E-state index is 0.0264. The van der Waals surface area contributed by atoms with Crippen molar-refractivity contribution in [2.45, 2.75) is 45.0 Å². The Balaban J connectivity index is 1.49. The summed E-state index contributed by atoms with van der Waals surface area (Å²) in [5, 5.41) is 20.5. The number of alkyl halides is 5.